The molecule has 1 N–H and O–H groups in total. The molecule has 2 heterocycles. The lowest BCUT2D eigenvalue weighted by atomic mass is 10.0. The van der Waals surface area contributed by atoms with Gasteiger partial charge in [0, 0.05) is 25.2 Å². The molecule has 0 aromatic carbocycles. The molecule has 0 radical (unpaired) electrons. The highest BCUT2D eigenvalue weighted by molar-refractivity contribution is 5.39. The van der Waals surface area contributed by atoms with Crippen molar-refractivity contribution < 1.29 is 0 Å². The van der Waals surface area contributed by atoms with Crippen molar-refractivity contribution in [1.82, 2.24) is 15.5 Å². The van der Waals surface area contributed by atoms with E-state index in [0.717, 1.165) is 30.6 Å². The highest BCUT2D eigenvalue weighted by atomic mass is 15.3. The fourth-order valence-corrected chi connectivity index (χ4v) is 2.86. The summed E-state index contributed by atoms with van der Waals surface area (Å²) in [6.07, 6.45) is 7.76. The zero-order valence-corrected chi connectivity index (χ0v) is 11.8. The van der Waals surface area contributed by atoms with Crippen molar-refractivity contribution in [2.24, 2.45) is 0 Å². The maximum absolute atomic E-state index is 4.43. The maximum atomic E-state index is 4.43. The Labute approximate surface area is 115 Å². The number of hydrogen-bond donors (Lipinski definition) is 1. The first-order valence-corrected chi connectivity index (χ1v) is 7.69. The number of piperidine rings is 1. The van der Waals surface area contributed by atoms with E-state index in [1.165, 1.54) is 38.5 Å². The van der Waals surface area contributed by atoms with Crippen LogP contribution in [0.25, 0.3) is 0 Å². The van der Waals surface area contributed by atoms with E-state index in [4.69, 9.17) is 0 Å². The summed E-state index contributed by atoms with van der Waals surface area (Å²) < 4.78 is 0. The zero-order chi connectivity index (χ0) is 13.1. The van der Waals surface area contributed by atoms with Gasteiger partial charge in [-0.25, -0.2) is 0 Å². The highest BCUT2D eigenvalue weighted by Gasteiger charge is 2.23. The molecule has 1 saturated carbocycles. The molecule has 19 heavy (non-hydrogen) atoms. The third kappa shape index (κ3) is 3.24. The molecule has 2 fully saturated rings. The van der Waals surface area contributed by atoms with E-state index < -0.39 is 0 Å². The van der Waals surface area contributed by atoms with Crippen LogP contribution in [0.5, 0.6) is 0 Å². The van der Waals surface area contributed by atoms with E-state index in [2.05, 4.69) is 39.5 Å². The topological polar surface area (TPSA) is 41.0 Å². The van der Waals surface area contributed by atoms with E-state index in [-0.39, 0.29) is 0 Å². The van der Waals surface area contributed by atoms with Crippen molar-refractivity contribution in [3.63, 3.8) is 0 Å². The average Bonchev–Trinajstić information content (AvgIpc) is 3.30. The second-order valence-corrected chi connectivity index (χ2v) is 5.79. The monoisotopic (exact) mass is 260 g/mol. The van der Waals surface area contributed by atoms with Gasteiger partial charge in [-0.15, -0.1) is 5.10 Å². The van der Waals surface area contributed by atoms with Crippen LogP contribution in [-0.4, -0.2) is 28.8 Å². The number of hydrogen-bond acceptors (Lipinski definition) is 4. The lowest BCUT2D eigenvalue weighted by molar-refractivity contribution is 0.445. The Bertz CT molecular complexity index is 399. The molecule has 3 rings (SSSR count). The number of nitrogens with zero attached hydrogens (tertiary/aromatic N) is 3. The Hall–Kier alpha value is -1.16. The van der Waals surface area contributed by atoms with Crippen LogP contribution in [0.4, 0.5) is 5.82 Å². The molecule has 1 atom stereocenters. The van der Waals surface area contributed by atoms with Crippen LogP contribution in [0.15, 0.2) is 12.1 Å². The van der Waals surface area contributed by atoms with Gasteiger partial charge in [0.1, 0.15) is 0 Å². The van der Waals surface area contributed by atoms with Gasteiger partial charge in [0.2, 0.25) is 0 Å². The van der Waals surface area contributed by atoms with Gasteiger partial charge in [-0.1, -0.05) is 6.92 Å². The van der Waals surface area contributed by atoms with Crippen molar-refractivity contribution >= 4 is 5.82 Å². The largest absolute Gasteiger partial charge is 0.352 e. The fourth-order valence-electron chi connectivity index (χ4n) is 2.86. The van der Waals surface area contributed by atoms with Gasteiger partial charge in [-0.3, -0.25) is 0 Å². The second-order valence-electron chi connectivity index (χ2n) is 5.79. The Kier molecular flexibility index (Phi) is 3.97. The number of anilines is 1. The molecule has 1 aromatic heterocycles. The SMILES string of the molecule is CCC1CCCCN1c1ccc(CNC2CC2)nn1. The molecule has 4 heteroatoms. The highest BCUT2D eigenvalue weighted by Crippen LogP contribution is 2.24. The van der Waals surface area contributed by atoms with Gasteiger partial charge in [0.05, 0.1) is 5.69 Å². The molecule has 1 aromatic rings. The second kappa shape index (κ2) is 5.87. The first-order chi connectivity index (χ1) is 9.36. The molecular formula is C15H24N4. The number of aromatic nitrogens is 2. The summed E-state index contributed by atoms with van der Waals surface area (Å²) in [6.45, 7) is 4.26. The van der Waals surface area contributed by atoms with Crippen molar-refractivity contribution in [3.05, 3.63) is 17.8 Å². The predicted molar refractivity (Wildman–Crippen MR) is 77.2 cm³/mol. The average molecular weight is 260 g/mol. The van der Waals surface area contributed by atoms with E-state index in [1.54, 1.807) is 0 Å². The third-order valence-electron chi connectivity index (χ3n) is 4.25. The van der Waals surface area contributed by atoms with Crippen LogP contribution in [0, 0.1) is 0 Å². The number of rotatable bonds is 5. The van der Waals surface area contributed by atoms with Gasteiger partial charge in [-0.05, 0) is 50.7 Å². The van der Waals surface area contributed by atoms with Crippen LogP contribution in [0.3, 0.4) is 0 Å². The van der Waals surface area contributed by atoms with E-state index in [1.807, 2.05) is 0 Å². The van der Waals surface area contributed by atoms with E-state index >= 15 is 0 Å². The molecule has 104 valence electrons. The summed E-state index contributed by atoms with van der Waals surface area (Å²) in [5, 5.41) is 12.3. The molecule has 0 bridgehead atoms. The van der Waals surface area contributed by atoms with Crippen LogP contribution in [-0.2, 0) is 6.54 Å². The minimum absolute atomic E-state index is 0.651. The van der Waals surface area contributed by atoms with Crippen molar-refractivity contribution in [1.29, 1.82) is 0 Å². The summed E-state index contributed by atoms with van der Waals surface area (Å²) in [4.78, 5) is 2.44. The number of nitrogens with one attached hydrogen (secondary N) is 1. The molecule has 1 saturated heterocycles. The summed E-state index contributed by atoms with van der Waals surface area (Å²) in [7, 11) is 0. The minimum atomic E-state index is 0.651. The molecule has 1 aliphatic carbocycles. The zero-order valence-electron chi connectivity index (χ0n) is 11.8. The smallest absolute Gasteiger partial charge is 0.151 e. The summed E-state index contributed by atoms with van der Waals surface area (Å²) in [5.74, 6) is 1.06. The lowest BCUT2D eigenvalue weighted by Gasteiger charge is -2.35. The van der Waals surface area contributed by atoms with Gasteiger partial charge in [-0.2, -0.15) is 5.10 Å². The lowest BCUT2D eigenvalue weighted by Crippen LogP contribution is -2.39. The van der Waals surface area contributed by atoms with Gasteiger partial charge in [0.25, 0.3) is 0 Å². The normalized spacial score (nSPS) is 23.6. The molecule has 2 aliphatic rings. The van der Waals surface area contributed by atoms with Gasteiger partial charge < -0.3 is 10.2 Å². The Morgan fingerprint density at radius 1 is 1.21 bits per heavy atom. The van der Waals surface area contributed by atoms with E-state index in [0.29, 0.717) is 6.04 Å². The standard InChI is InChI=1S/C15H24N4/c1-2-14-5-3-4-10-19(14)15-9-8-13(17-18-15)11-16-12-6-7-12/h8-9,12,14,16H,2-7,10-11H2,1H3. The third-order valence-corrected chi connectivity index (χ3v) is 4.25. The summed E-state index contributed by atoms with van der Waals surface area (Å²) in [5.41, 5.74) is 1.06. The Balaban J connectivity index is 1.62. The van der Waals surface area contributed by atoms with Crippen LogP contribution >= 0.6 is 0 Å². The van der Waals surface area contributed by atoms with Crippen molar-refractivity contribution in [2.75, 3.05) is 11.4 Å². The van der Waals surface area contributed by atoms with Gasteiger partial charge in [0.15, 0.2) is 5.82 Å². The first kappa shape index (κ1) is 12.9. The fraction of sp³-hybridized carbons (Fsp3) is 0.733. The van der Waals surface area contributed by atoms with Crippen molar-refractivity contribution in [3.8, 4) is 0 Å². The Morgan fingerprint density at radius 2 is 2.11 bits per heavy atom. The van der Waals surface area contributed by atoms with Crippen molar-refractivity contribution in [2.45, 2.75) is 64.1 Å². The van der Waals surface area contributed by atoms with Crippen LogP contribution in [0.2, 0.25) is 0 Å². The quantitative estimate of drug-likeness (QED) is 0.883. The molecule has 4 nitrogen and oxygen atoms in total. The molecule has 0 spiro atoms. The minimum Gasteiger partial charge on any atom is -0.352 e. The Morgan fingerprint density at radius 3 is 2.79 bits per heavy atom. The summed E-state index contributed by atoms with van der Waals surface area (Å²) in [6, 6.07) is 5.65. The summed E-state index contributed by atoms with van der Waals surface area (Å²) >= 11 is 0. The van der Waals surface area contributed by atoms with Crippen LogP contribution in [0.1, 0.15) is 51.1 Å². The van der Waals surface area contributed by atoms with Gasteiger partial charge >= 0.3 is 0 Å². The molecule has 0 amide bonds. The predicted octanol–water partition coefficient (Wildman–Crippen LogP) is 2.50. The molecule has 1 aliphatic heterocycles. The first-order valence-electron chi connectivity index (χ1n) is 7.69. The molecular weight excluding hydrogens is 236 g/mol. The molecule has 1 unspecified atom stereocenters. The maximum Gasteiger partial charge on any atom is 0.151 e. The van der Waals surface area contributed by atoms with Crippen LogP contribution < -0.4 is 10.2 Å². The van der Waals surface area contributed by atoms with E-state index in [9.17, 15) is 0 Å².